The Kier molecular flexibility index (Phi) is 27.0. The van der Waals surface area contributed by atoms with Crippen LogP contribution in [-0.4, -0.2) is 201 Å². The summed E-state index contributed by atoms with van der Waals surface area (Å²) >= 11 is 14.3. The lowest BCUT2D eigenvalue weighted by atomic mass is 9.84. The molecule has 2 fully saturated rings. The summed E-state index contributed by atoms with van der Waals surface area (Å²) in [7, 11) is 0. The van der Waals surface area contributed by atoms with Gasteiger partial charge in [0.2, 0.25) is 41.6 Å². The molecule has 7 aliphatic heterocycles. The van der Waals surface area contributed by atoms with Crippen LogP contribution in [0.25, 0.3) is 22.3 Å². The maximum atomic E-state index is 16.3. The molecule has 0 saturated carbocycles. The van der Waals surface area contributed by atoms with Crippen molar-refractivity contribution in [1.29, 1.82) is 0 Å². The zero-order valence-electron chi connectivity index (χ0n) is 64.2. The third-order valence-corrected chi connectivity index (χ3v) is 22.1. The summed E-state index contributed by atoms with van der Waals surface area (Å²) < 4.78 is 45.2. The van der Waals surface area contributed by atoms with Crippen molar-refractivity contribution in [1.82, 2.24) is 26.6 Å². The summed E-state index contributed by atoms with van der Waals surface area (Å²) in [5, 5.41) is 139. The number of nitrogens with one attached hydrogen (secondary N) is 5. The molecule has 20 N–H and O–H groups in total. The second-order valence-corrected chi connectivity index (χ2v) is 31.4. The van der Waals surface area contributed by atoms with Crippen molar-refractivity contribution in [3.63, 3.8) is 0 Å². The van der Waals surface area contributed by atoms with Crippen molar-refractivity contribution in [3.05, 3.63) is 177 Å². The SMILES string of the molecule is CC(C)C[C@@H](N)C(=O)NC1C(=O)C[C@@H](CC(N)=O)C(=O)N[C@H]2C(=O)CC3C(=O)N[C@H](C(=O)N[C@@H](C(=O)O)c4cc(O)cc(O)c4-c4cc3ccc4O)[C@H](O)c3ccc(c(Cl)c3)Oc3cc2cc(c3OC2OC(CO)C(O)C(O)C2OC2CC(C)(NCC(OCc3ccc(-c4ccccc4)cc3)C(=O)O)C(O)C(C)O2)Oc2ccc(cc2Cl)[C@H]1O. The standard InChI is InChI=1S/C83H89Cl2N7O27/c1-35(2)20-51(86)78(107)91-67-54(97)24-44(27-62(87)99)76(105)89-65-43-25-58(115-56-18-15-41(69(67)100)22-49(56)84)73(119-82-74(72(103)71(102)61(33-93)117-82)118-63-31-83(4,75(104)36(3)114-63)88-32-60(80(109)110)113-34-37-10-12-39(13-11-37)38-8-6-5-7-9-38)59(26-43)116-57-19-16-42(23-50(57)85)70(101)68-79(108)90-66(81(111)112)48-28-45(94)29-53(96)64(48)47-21-40(14-17-52(47)95)46(30-55(65)98)77(106)92-68/h5-19,21-23,25-26,28-29,35-36,44,46,51,60-61,63,65-72,74-75,82,88,93-96,100-104H,20,24,27,30-34,86H2,1-4H3,(H2,87,99)(H,89,105)(H,90,108)(H,91,107)(H,92,106)(H,109,110)(H,111,112)/t36?,44-,46?,51+,60?,61?,63?,65+,66+,67?,68-,69+,70+,71?,72?,74?,75?,82?,83?/m0/s1. The Hall–Kier alpha value is -10.9. The van der Waals surface area contributed by atoms with Crippen molar-refractivity contribution in [3.8, 4) is 68.2 Å². The minimum Gasteiger partial charge on any atom is -0.508 e. The molecule has 5 amide bonds. The van der Waals surface area contributed by atoms with Crippen molar-refractivity contribution in [2.45, 2.75) is 176 Å². The number of rotatable bonds is 20. The number of carboxylic acid groups (broad SMARTS) is 2. The zero-order valence-corrected chi connectivity index (χ0v) is 65.7. The summed E-state index contributed by atoms with van der Waals surface area (Å²) in [6, 6.07) is 20.6. The predicted molar refractivity (Wildman–Crippen MR) is 419 cm³/mol. The minimum atomic E-state index is -2.28. The van der Waals surface area contributed by atoms with Gasteiger partial charge in [0.1, 0.15) is 77.4 Å². The summed E-state index contributed by atoms with van der Waals surface area (Å²) in [4.78, 5) is 131. The monoisotopic (exact) mass is 1690 g/mol. The Bertz CT molecular complexity index is 5030. The Morgan fingerprint density at radius 2 is 1.33 bits per heavy atom. The van der Waals surface area contributed by atoms with Crippen LogP contribution >= 0.6 is 23.2 Å². The number of primary amides is 1. The van der Waals surface area contributed by atoms with Gasteiger partial charge in [-0.3, -0.25) is 33.6 Å². The molecule has 7 aromatic rings. The van der Waals surface area contributed by atoms with Crippen molar-refractivity contribution in [2.75, 3.05) is 13.2 Å². The number of Topliss-reactive ketones (excluding diaryl/α,β-unsaturated/α-hetero) is 2. The molecule has 34 nitrogen and oxygen atoms in total. The van der Waals surface area contributed by atoms with Crippen molar-refractivity contribution in [2.24, 2.45) is 23.3 Å². The number of fused-ring (bicyclic) bond motifs is 15. The van der Waals surface area contributed by atoms with E-state index in [4.69, 9.17) is 67.8 Å². The number of carboxylic acids is 2. The maximum Gasteiger partial charge on any atom is 0.334 e. The van der Waals surface area contributed by atoms with Gasteiger partial charge in [0.15, 0.2) is 47.6 Å². The van der Waals surface area contributed by atoms with E-state index in [0.717, 1.165) is 77.9 Å². The highest BCUT2D eigenvalue weighted by atomic mass is 35.5. The van der Waals surface area contributed by atoms with Crippen LogP contribution in [0.5, 0.6) is 46.0 Å². The number of ketones is 2. The normalized spacial score (nSPS) is 27.1. The lowest BCUT2D eigenvalue weighted by Gasteiger charge is -2.48. The molecule has 0 radical (unpaired) electrons. The van der Waals surface area contributed by atoms with Crippen molar-refractivity contribution >= 4 is 76.2 Å². The Balaban J connectivity index is 1.01. The van der Waals surface area contributed by atoms with Gasteiger partial charge in [-0.05, 0) is 120 Å². The maximum absolute atomic E-state index is 16.3. The predicted octanol–water partition coefficient (Wildman–Crippen LogP) is 4.79. The molecule has 7 aromatic carbocycles. The van der Waals surface area contributed by atoms with E-state index in [9.17, 15) is 84.9 Å². The van der Waals surface area contributed by atoms with Gasteiger partial charge >= 0.3 is 11.9 Å². The number of carbonyl (C=O) groups excluding carboxylic acids is 7. The Labute approximate surface area is 689 Å². The summed E-state index contributed by atoms with van der Waals surface area (Å²) in [6.07, 6.45) is -23.4. The molecule has 14 rings (SSSR count). The number of phenolic OH excluding ortho intramolecular Hbond substituents is 3. The minimum absolute atomic E-state index is 0.0787. The van der Waals surface area contributed by atoms with Gasteiger partial charge in [-0.2, -0.15) is 0 Å². The molecule has 7 heterocycles. The molecule has 0 aromatic heterocycles. The number of ether oxygens (including phenoxy) is 7. The van der Waals surface area contributed by atoms with E-state index in [-0.39, 0.29) is 52.8 Å². The van der Waals surface area contributed by atoms with Gasteiger partial charge in [0.05, 0.1) is 53.3 Å². The van der Waals surface area contributed by atoms with Gasteiger partial charge in [-0.15, -0.1) is 0 Å². The molecule has 36 heteroatoms. The lowest BCUT2D eigenvalue weighted by molar-refractivity contribution is -0.334. The van der Waals surface area contributed by atoms with Gasteiger partial charge in [0.25, 0.3) is 0 Å². The molecule has 0 aliphatic carbocycles. The second-order valence-electron chi connectivity index (χ2n) is 30.6. The molecular weight excluding hydrogens is 1600 g/mol. The van der Waals surface area contributed by atoms with E-state index in [1.165, 1.54) is 26.0 Å². The molecule has 632 valence electrons. The third-order valence-electron chi connectivity index (χ3n) is 21.5. The van der Waals surface area contributed by atoms with E-state index in [2.05, 4.69) is 26.6 Å². The molecule has 119 heavy (non-hydrogen) atoms. The van der Waals surface area contributed by atoms with E-state index >= 15 is 14.4 Å². The molecule has 0 spiro atoms. The average molecular weight is 1690 g/mol. The number of carbonyl (C=O) groups is 9. The molecular formula is C83H89Cl2N7O27. The van der Waals surface area contributed by atoms with Gasteiger partial charge in [-0.25, -0.2) is 9.59 Å². The number of hydrogen-bond donors (Lipinski definition) is 18. The summed E-state index contributed by atoms with van der Waals surface area (Å²) in [5.74, 6) is -20.8. The molecule has 11 bridgehead atoms. The summed E-state index contributed by atoms with van der Waals surface area (Å²) in [6.45, 7) is 4.97. The van der Waals surface area contributed by atoms with E-state index in [1.54, 1.807) is 26.0 Å². The molecule has 19 atom stereocenters. The number of benzene rings is 7. The quantitative estimate of drug-likeness (QED) is 0.0488. The molecule has 2 saturated heterocycles. The van der Waals surface area contributed by atoms with Crippen LogP contribution in [0.15, 0.2) is 133 Å². The number of aliphatic hydroxyl groups is 6. The fourth-order valence-electron chi connectivity index (χ4n) is 15.1. The van der Waals surface area contributed by atoms with E-state index in [0.29, 0.717) is 5.56 Å². The van der Waals surface area contributed by atoms with Crippen LogP contribution in [-0.2, 0) is 68.7 Å². The van der Waals surface area contributed by atoms with Crippen LogP contribution in [0.3, 0.4) is 0 Å². The largest absolute Gasteiger partial charge is 0.508 e. The number of hydrogen-bond acceptors (Lipinski definition) is 27. The van der Waals surface area contributed by atoms with Gasteiger partial charge in [0, 0.05) is 60.5 Å². The lowest BCUT2D eigenvalue weighted by Crippen LogP contribution is -2.66. The van der Waals surface area contributed by atoms with Crippen LogP contribution in [0.1, 0.15) is 123 Å². The smallest absolute Gasteiger partial charge is 0.334 e. The number of aliphatic carboxylic acids is 2. The first kappa shape index (κ1) is 87.4. The third kappa shape index (κ3) is 19.5. The zero-order chi connectivity index (χ0) is 85.9. The fraction of sp³-hybridized carbons (Fsp3) is 0.386. The van der Waals surface area contributed by atoms with Gasteiger partial charge < -0.3 is 127 Å². The van der Waals surface area contributed by atoms with Crippen LogP contribution in [0.2, 0.25) is 10.0 Å². The average Bonchev–Trinajstić information content (AvgIpc) is 0.768. The summed E-state index contributed by atoms with van der Waals surface area (Å²) in [5.41, 5.74) is 10.4. The molecule has 7 aliphatic rings. The number of phenols is 3. The molecule has 12 unspecified atom stereocenters. The van der Waals surface area contributed by atoms with Crippen LogP contribution in [0.4, 0.5) is 0 Å². The van der Waals surface area contributed by atoms with Crippen LogP contribution in [0, 0.1) is 11.8 Å². The highest BCUT2D eigenvalue weighted by molar-refractivity contribution is 6.32. The van der Waals surface area contributed by atoms with Gasteiger partial charge in [-0.1, -0.05) is 110 Å². The second kappa shape index (κ2) is 36.7. The first-order chi connectivity index (χ1) is 56.5. The topological polar surface area (TPSA) is 553 Å². The number of nitrogens with two attached hydrogens (primary N) is 2. The number of halogens is 2. The number of aliphatic hydroxyl groups excluding tert-OH is 6. The van der Waals surface area contributed by atoms with Crippen molar-refractivity contribution < 1.29 is 132 Å². The van der Waals surface area contributed by atoms with Crippen LogP contribution < -0.4 is 52.3 Å². The highest BCUT2D eigenvalue weighted by Crippen LogP contribution is 2.51. The highest BCUT2D eigenvalue weighted by Gasteiger charge is 2.53. The Morgan fingerprint density at radius 1 is 0.689 bits per heavy atom. The van der Waals surface area contributed by atoms with E-state index < -0.39 is 268 Å². The number of amides is 5. The first-order valence-corrected chi connectivity index (χ1v) is 38.7. The Morgan fingerprint density at radius 3 is 1.94 bits per heavy atom. The first-order valence-electron chi connectivity index (χ1n) is 37.9. The van der Waals surface area contributed by atoms with E-state index in [1.807, 2.05) is 42.5 Å². The fourth-order valence-corrected chi connectivity index (χ4v) is 15.6. The number of aromatic hydroxyl groups is 3.